The highest BCUT2D eigenvalue weighted by Gasteiger charge is 2.78. The van der Waals surface area contributed by atoms with Crippen molar-refractivity contribution in [3.63, 3.8) is 0 Å². The van der Waals surface area contributed by atoms with Crippen molar-refractivity contribution in [3.05, 3.63) is 29.3 Å². The molecule has 1 aromatic carbocycles. The maximum Gasteiger partial charge on any atom is 0.133 e. The highest BCUT2D eigenvalue weighted by atomic mass is 16.6. The lowest BCUT2D eigenvalue weighted by molar-refractivity contribution is -0.198. The first-order chi connectivity index (χ1) is 11.6. The number of methoxy groups -OCH3 is 2. The van der Waals surface area contributed by atoms with Gasteiger partial charge in [-0.25, -0.2) is 0 Å². The normalized spacial score (nSPS) is 49.4. The van der Waals surface area contributed by atoms with Gasteiger partial charge < -0.3 is 14.2 Å². The molecule has 0 aromatic heterocycles. The third-order valence-electron chi connectivity index (χ3n) is 7.98. The van der Waals surface area contributed by atoms with Crippen LogP contribution < -0.4 is 4.74 Å². The van der Waals surface area contributed by atoms with Crippen molar-refractivity contribution in [2.24, 2.45) is 17.3 Å². The first-order valence-electron chi connectivity index (χ1n) is 9.03. The Bertz CT molecular complexity index is 773. The number of carbonyl (C=O) groups is 1. The first-order valence-corrected chi connectivity index (χ1v) is 9.03. The predicted octanol–water partition coefficient (Wildman–Crippen LogP) is 3.01. The number of rotatable bonds is 2. The Balaban J connectivity index is 1.62. The molecule has 0 radical (unpaired) electrons. The van der Waals surface area contributed by atoms with Crippen LogP contribution in [-0.2, 0) is 14.3 Å². The molecule has 7 rings (SSSR count). The van der Waals surface area contributed by atoms with E-state index in [9.17, 15) is 4.79 Å². The standard InChI is InChI=1S/C20H22O4/c1-22-12-3-4-13-14(6-12)16-17-18(13)24-15-9-19(16)8-11(21)5-10(19)7-20(15,17)23-2/h3-4,6,10,15-18H,5,7-9H2,1-2H3/t10?,15?,16?,17?,18-,19-,20+/m1/s1. The second kappa shape index (κ2) is 4.05. The van der Waals surface area contributed by atoms with Gasteiger partial charge in [-0.1, -0.05) is 6.07 Å². The van der Waals surface area contributed by atoms with Gasteiger partial charge in [-0.2, -0.15) is 0 Å². The Hall–Kier alpha value is -1.39. The Morgan fingerprint density at radius 3 is 2.88 bits per heavy atom. The maximum atomic E-state index is 12.4. The van der Waals surface area contributed by atoms with E-state index >= 15 is 0 Å². The van der Waals surface area contributed by atoms with E-state index in [0.717, 1.165) is 31.4 Å². The number of ether oxygens (including phenoxy) is 3. The van der Waals surface area contributed by atoms with Crippen LogP contribution in [0.15, 0.2) is 18.2 Å². The molecular formula is C20H22O4. The minimum absolute atomic E-state index is 0.0824. The van der Waals surface area contributed by atoms with Crippen LogP contribution in [0.3, 0.4) is 0 Å². The molecule has 24 heavy (non-hydrogen) atoms. The zero-order chi connectivity index (χ0) is 16.3. The van der Waals surface area contributed by atoms with Gasteiger partial charge in [0.05, 0.1) is 19.3 Å². The molecule has 5 aliphatic carbocycles. The highest BCUT2D eigenvalue weighted by molar-refractivity contribution is 5.83. The molecule has 1 spiro atoms. The zero-order valence-corrected chi connectivity index (χ0v) is 14.1. The van der Waals surface area contributed by atoms with Gasteiger partial charge >= 0.3 is 0 Å². The van der Waals surface area contributed by atoms with Crippen molar-refractivity contribution < 1.29 is 19.0 Å². The lowest BCUT2D eigenvalue weighted by atomic mass is 9.45. The van der Waals surface area contributed by atoms with Crippen molar-refractivity contribution in [1.82, 2.24) is 0 Å². The van der Waals surface area contributed by atoms with Gasteiger partial charge in [-0.15, -0.1) is 0 Å². The Kier molecular flexibility index (Phi) is 2.34. The average Bonchev–Trinajstić information content (AvgIpc) is 3.15. The summed E-state index contributed by atoms with van der Waals surface area (Å²) in [6, 6.07) is 6.40. The summed E-state index contributed by atoms with van der Waals surface area (Å²) < 4.78 is 18.2. The van der Waals surface area contributed by atoms with Crippen LogP contribution in [0.4, 0.5) is 0 Å². The van der Waals surface area contributed by atoms with Gasteiger partial charge in [0, 0.05) is 25.9 Å². The van der Waals surface area contributed by atoms with Gasteiger partial charge in [0.1, 0.15) is 17.1 Å². The number of Topliss-reactive ketones (excluding diaryl/α,β-unsaturated/α-hetero) is 1. The van der Waals surface area contributed by atoms with Crippen molar-refractivity contribution in [2.45, 2.75) is 49.4 Å². The Labute approximate surface area is 141 Å². The smallest absolute Gasteiger partial charge is 0.133 e. The number of hydrogen-bond donors (Lipinski definition) is 0. The van der Waals surface area contributed by atoms with Gasteiger partial charge in [-0.3, -0.25) is 4.79 Å². The van der Waals surface area contributed by atoms with E-state index < -0.39 is 0 Å². The van der Waals surface area contributed by atoms with Crippen LogP contribution >= 0.6 is 0 Å². The van der Waals surface area contributed by atoms with Crippen molar-refractivity contribution in [2.75, 3.05) is 14.2 Å². The summed E-state index contributed by atoms with van der Waals surface area (Å²) >= 11 is 0. The quantitative estimate of drug-likeness (QED) is 0.838. The van der Waals surface area contributed by atoms with Gasteiger partial charge in [0.15, 0.2) is 0 Å². The van der Waals surface area contributed by atoms with Gasteiger partial charge in [0.25, 0.3) is 0 Å². The molecular weight excluding hydrogens is 304 g/mol. The Morgan fingerprint density at radius 1 is 1.21 bits per heavy atom. The molecule has 1 saturated heterocycles. The molecule has 4 nitrogen and oxygen atoms in total. The van der Waals surface area contributed by atoms with Gasteiger partial charge in [0.2, 0.25) is 0 Å². The van der Waals surface area contributed by atoms with Crippen LogP contribution in [0, 0.1) is 17.3 Å². The van der Waals surface area contributed by atoms with Crippen molar-refractivity contribution in [1.29, 1.82) is 0 Å². The minimum Gasteiger partial charge on any atom is -0.497 e. The summed E-state index contributed by atoms with van der Waals surface area (Å²) in [5.41, 5.74) is 2.52. The van der Waals surface area contributed by atoms with Crippen LogP contribution in [-0.4, -0.2) is 31.7 Å². The summed E-state index contributed by atoms with van der Waals surface area (Å²) in [6.07, 6.45) is 3.68. The first kappa shape index (κ1) is 13.9. The second-order valence-corrected chi connectivity index (χ2v) is 8.46. The maximum absolute atomic E-state index is 12.4. The minimum atomic E-state index is -0.210. The largest absolute Gasteiger partial charge is 0.497 e. The van der Waals surface area contributed by atoms with Crippen LogP contribution in [0.2, 0.25) is 0 Å². The average molecular weight is 326 g/mol. The SMILES string of the molecule is COc1ccc2c(c1)C1C3[C@@H]2OC2C[C@@]14CC(=O)CC4C[C@]23OC. The molecule has 126 valence electrons. The molecule has 1 aromatic rings. The molecule has 4 heteroatoms. The summed E-state index contributed by atoms with van der Waals surface area (Å²) in [6.45, 7) is 0. The fourth-order valence-electron chi connectivity index (χ4n) is 7.28. The molecule has 6 aliphatic rings. The number of ketones is 1. The summed E-state index contributed by atoms with van der Waals surface area (Å²) in [5, 5.41) is 0. The topological polar surface area (TPSA) is 44.8 Å². The number of hydrogen-bond acceptors (Lipinski definition) is 4. The van der Waals surface area contributed by atoms with E-state index in [-0.39, 0.29) is 23.2 Å². The van der Waals surface area contributed by atoms with Crippen LogP contribution in [0.1, 0.15) is 48.8 Å². The van der Waals surface area contributed by atoms with E-state index in [1.54, 1.807) is 7.11 Å². The Morgan fingerprint density at radius 2 is 2.08 bits per heavy atom. The molecule has 0 amide bonds. The van der Waals surface area contributed by atoms with E-state index in [2.05, 4.69) is 12.1 Å². The molecule has 4 saturated carbocycles. The third-order valence-corrected chi connectivity index (χ3v) is 7.98. The number of benzene rings is 1. The molecule has 1 aliphatic heterocycles. The summed E-state index contributed by atoms with van der Waals surface area (Å²) in [4.78, 5) is 12.4. The van der Waals surface area contributed by atoms with E-state index in [1.165, 1.54) is 11.1 Å². The predicted molar refractivity (Wildman–Crippen MR) is 86.0 cm³/mol. The number of fused-ring (bicyclic) bond motifs is 2. The summed E-state index contributed by atoms with van der Waals surface area (Å²) in [7, 11) is 3.56. The molecule has 1 heterocycles. The monoisotopic (exact) mass is 326 g/mol. The molecule has 4 unspecified atom stereocenters. The lowest BCUT2D eigenvalue weighted by Gasteiger charge is -2.61. The van der Waals surface area contributed by atoms with Gasteiger partial charge in [-0.05, 0) is 53.4 Å². The fourth-order valence-corrected chi connectivity index (χ4v) is 7.28. The summed E-state index contributed by atoms with van der Waals surface area (Å²) in [5.74, 6) is 2.50. The van der Waals surface area contributed by atoms with E-state index in [0.29, 0.717) is 23.5 Å². The molecule has 4 bridgehead atoms. The second-order valence-electron chi connectivity index (χ2n) is 8.46. The third kappa shape index (κ3) is 1.25. The highest BCUT2D eigenvalue weighted by Crippen LogP contribution is 2.78. The number of carbonyl (C=O) groups excluding carboxylic acids is 1. The molecule has 5 fully saturated rings. The zero-order valence-electron chi connectivity index (χ0n) is 14.1. The van der Waals surface area contributed by atoms with Crippen LogP contribution in [0.25, 0.3) is 0 Å². The van der Waals surface area contributed by atoms with E-state index in [1.807, 2.05) is 13.2 Å². The fraction of sp³-hybridized carbons (Fsp3) is 0.650. The van der Waals surface area contributed by atoms with Crippen molar-refractivity contribution in [3.8, 4) is 5.75 Å². The molecule has 0 N–H and O–H groups in total. The van der Waals surface area contributed by atoms with E-state index in [4.69, 9.17) is 14.2 Å². The van der Waals surface area contributed by atoms with Crippen LogP contribution in [0.5, 0.6) is 5.75 Å². The molecule has 7 atom stereocenters. The van der Waals surface area contributed by atoms with Crippen molar-refractivity contribution >= 4 is 5.78 Å². The lowest BCUT2D eigenvalue weighted by Crippen LogP contribution is -2.63.